The zero-order valence-corrected chi connectivity index (χ0v) is 19.8. The molecule has 0 saturated carbocycles. The molecule has 3 aromatic heterocycles. The van der Waals surface area contributed by atoms with Crippen molar-refractivity contribution in [3.63, 3.8) is 0 Å². The first-order valence-corrected chi connectivity index (χ1v) is 12.5. The third-order valence-electron chi connectivity index (χ3n) is 6.98. The SMILES string of the molecule is CCCOc1nc2cccnc2n1C1CCN(C(=O)C2CCN(Cc3ccnnc3)CC2)CC1. The molecule has 9 heteroatoms. The van der Waals surface area contributed by atoms with Crippen LogP contribution in [0.15, 0.2) is 36.8 Å². The second kappa shape index (κ2) is 10.5. The molecule has 0 spiro atoms. The molecule has 0 N–H and O–H groups in total. The molecule has 34 heavy (non-hydrogen) atoms. The van der Waals surface area contributed by atoms with Gasteiger partial charge in [-0.2, -0.15) is 15.2 Å². The van der Waals surface area contributed by atoms with Crippen LogP contribution in [0, 0.1) is 5.92 Å². The van der Waals surface area contributed by atoms with Crippen LogP contribution in [0.3, 0.4) is 0 Å². The number of imidazole rings is 1. The lowest BCUT2D eigenvalue weighted by Gasteiger charge is -2.37. The number of carbonyl (C=O) groups excluding carboxylic acids is 1. The number of hydrogen-bond acceptors (Lipinski definition) is 7. The molecular weight excluding hydrogens is 430 g/mol. The van der Waals surface area contributed by atoms with Gasteiger partial charge in [0.1, 0.15) is 5.52 Å². The molecule has 0 bridgehead atoms. The number of rotatable bonds is 7. The predicted octanol–water partition coefficient (Wildman–Crippen LogP) is 3.09. The number of fused-ring (bicyclic) bond motifs is 1. The minimum absolute atomic E-state index is 0.127. The van der Waals surface area contributed by atoms with E-state index in [-0.39, 0.29) is 12.0 Å². The Hall–Kier alpha value is -3.07. The van der Waals surface area contributed by atoms with Crippen LogP contribution in [0.25, 0.3) is 11.2 Å². The highest BCUT2D eigenvalue weighted by molar-refractivity contribution is 5.79. The van der Waals surface area contributed by atoms with E-state index in [9.17, 15) is 4.79 Å². The molecule has 2 aliphatic rings. The number of ether oxygens (including phenoxy) is 1. The van der Waals surface area contributed by atoms with Crippen LogP contribution in [0.2, 0.25) is 0 Å². The van der Waals surface area contributed by atoms with Gasteiger partial charge in [0.2, 0.25) is 5.91 Å². The molecule has 3 aromatic rings. The first kappa shape index (κ1) is 22.7. The van der Waals surface area contributed by atoms with Gasteiger partial charge in [0, 0.05) is 44.0 Å². The quantitative estimate of drug-likeness (QED) is 0.532. The van der Waals surface area contributed by atoms with Crippen molar-refractivity contribution >= 4 is 17.1 Å². The average molecular weight is 464 g/mol. The Morgan fingerprint density at radius 2 is 1.88 bits per heavy atom. The van der Waals surface area contributed by atoms with Gasteiger partial charge in [-0.3, -0.25) is 14.3 Å². The summed E-state index contributed by atoms with van der Waals surface area (Å²) in [6.45, 7) is 7.03. The molecule has 0 atom stereocenters. The molecule has 180 valence electrons. The molecule has 2 saturated heterocycles. The Bertz CT molecular complexity index is 1090. The van der Waals surface area contributed by atoms with Gasteiger partial charge < -0.3 is 9.64 Å². The van der Waals surface area contributed by atoms with E-state index in [4.69, 9.17) is 4.74 Å². The van der Waals surface area contributed by atoms with Crippen molar-refractivity contribution in [3.05, 3.63) is 42.4 Å². The van der Waals surface area contributed by atoms with E-state index < -0.39 is 0 Å². The van der Waals surface area contributed by atoms with Crippen molar-refractivity contribution in [2.24, 2.45) is 5.92 Å². The first-order valence-electron chi connectivity index (χ1n) is 12.5. The minimum atomic E-state index is 0.127. The Kier molecular flexibility index (Phi) is 6.99. The molecule has 9 nitrogen and oxygen atoms in total. The van der Waals surface area contributed by atoms with Gasteiger partial charge in [-0.15, -0.1) is 0 Å². The highest BCUT2D eigenvalue weighted by Crippen LogP contribution is 2.32. The van der Waals surface area contributed by atoms with E-state index in [1.165, 1.54) is 5.56 Å². The summed E-state index contributed by atoms with van der Waals surface area (Å²) in [4.78, 5) is 27.0. The summed E-state index contributed by atoms with van der Waals surface area (Å²) in [5.41, 5.74) is 2.90. The van der Waals surface area contributed by atoms with Gasteiger partial charge in [0.05, 0.1) is 12.8 Å². The zero-order chi connectivity index (χ0) is 23.3. The van der Waals surface area contributed by atoms with Crippen molar-refractivity contribution in [1.82, 2.24) is 34.5 Å². The first-order chi connectivity index (χ1) is 16.7. The van der Waals surface area contributed by atoms with E-state index in [0.29, 0.717) is 18.5 Å². The van der Waals surface area contributed by atoms with Gasteiger partial charge in [0.15, 0.2) is 5.65 Å². The summed E-state index contributed by atoms with van der Waals surface area (Å²) in [6.07, 6.45) is 9.91. The number of likely N-dealkylation sites (tertiary alicyclic amines) is 2. The molecule has 0 aliphatic carbocycles. The van der Waals surface area contributed by atoms with Gasteiger partial charge in [-0.25, -0.2) is 4.98 Å². The zero-order valence-electron chi connectivity index (χ0n) is 19.8. The number of aromatic nitrogens is 5. The van der Waals surface area contributed by atoms with Crippen molar-refractivity contribution in [2.75, 3.05) is 32.8 Å². The van der Waals surface area contributed by atoms with E-state index in [2.05, 4.69) is 41.5 Å². The third-order valence-corrected chi connectivity index (χ3v) is 6.98. The standard InChI is InChI=1S/C25H33N7O2/c1-2-16-34-25-29-22-4-3-10-26-23(22)32(25)21-8-14-31(15-9-21)24(33)20-6-12-30(13-7-20)18-19-5-11-27-28-17-19/h3-5,10-11,17,20-21H,2,6-9,12-16,18H2,1H3. The minimum Gasteiger partial charge on any atom is -0.465 e. The average Bonchev–Trinajstić information content (AvgIpc) is 3.26. The second-order valence-electron chi connectivity index (χ2n) is 9.32. The van der Waals surface area contributed by atoms with Crippen molar-refractivity contribution in [2.45, 2.75) is 51.6 Å². The summed E-state index contributed by atoms with van der Waals surface area (Å²) in [7, 11) is 0. The van der Waals surface area contributed by atoms with Crippen molar-refractivity contribution in [3.8, 4) is 6.01 Å². The second-order valence-corrected chi connectivity index (χ2v) is 9.32. The van der Waals surface area contributed by atoms with Crippen LogP contribution in [-0.4, -0.2) is 73.2 Å². The largest absolute Gasteiger partial charge is 0.465 e. The molecule has 0 radical (unpaired) electrons. The number of pyridine rings is 1. The monoisotopic (exact) mass is 463 g/mol. The maximum atomic E-state index is 13.3. The van der Waals surface area contributed by atoms with Crippen LogP contribution in [0.5, 0.6) is 6.01 Å². The van der Waals surface area contributed by atoms with Crippen LogP contribution in [0.4, 0.5) is 0 Å². The molecule has 2 fully saturated rings. The summed E-state index contributed by atoms with van der Waals surface area (Å²) < 4.78 is 8.12. The van der Waals surface area contributed by atoms with E-state index >= 15 is 0 Å². The van der Waals surface area contributed by atoms with Gasteiger partial charge in [0.25, 0.3) is 6.01 Å². The van der Waals surface area contributed by atoms with Gasteiger partial charge in [-0.05, 0) is 69.0 Å². The molecule has 0 unspecified atom stereocenters. The van der Waals surface area contributed by atoms with E-state index in [1.54, 1.807) is 12.4 Å². The Labute approximate surface area is 200 Å². The Balaban J connectivity index is 1.17. The molecule has 5 heterocycles. The summed E-state index contributed by atoms with van der Waals surface area (Å²) in [6, 6.07) is 6.78. The maximum Gasteiger partial charge on any atom is 0.298 e. The smallest absolute Gasteiger partial charge is 0.298 e. The highest BCUT2D eigenvalue weighted by atomic mass is 16.5. The van der Waals surface area contributed by atoms with Crippen LogP contribution in [0.1, 0.15) is 50.6 Å². The fourth-order valence-corrected chi connectivity index (χ4v) is 5.14. The number of hydrogen-bond donors (Lipinski definition) is 0. The van der Waals surface area contributed by atoms with E-state index in [1.807, 2.05) is 24.4 Å². The molecule has 2 aliphatic heterocycles. The Morgan fingerprint density at radius 3 is 2.62 bits per heavy atom. The predicted molar refractivity (Wildman–Crippen MR) is 128 cm³/mol. The van der Waals surface area contributed by atoms with Crippen LogP contribution in [-0.2, 0) is 11.3 Å². The van der Waals surface area contributed by atoms with E-state index in [0.717, 1.165) is 76.0 Å². The number of piperidine rings is 2. The summed E-state index contributed by atoms with van der Waals surface area (Å²) in [5.74, 6) is 0.447. The molecular formula is C25H33N7O2. The molecule has 1 amide bonds. The maximum absolute atomic E-state index is 13.3. The lowest BCUT2D eigenvalue weighted by molar-refractivity contribution is -0.138. The molecule has 0 aromatic carbocycles. The van der Waals surface area contributed by atoms with Gasteiger partial charge in [-0.1, -0.05) is 6.92 Å². The number of carbonyl (C=O) groups is 1. The normalized spacial score (nSPS) is 18.4. The number of amides is 1. The summed E-state index contributed by atoms with van der Waals surface area (Å²) in [5, 5.41) is 7.81. The fourth-order valence-electron chi connectivity index (χ4n) is 5.14. The van der Waals surface area contributed by atoms with Crippen LogP contribution < -0.4 is 4.74 Å². The Morgan fingerprint density at radius 1 is 1.06 bits per heavy atom. The highest BCUT2D eigenvalue weighted by Gasteiger charge is 2.32. The lowest BCUT2D eigenvalue weighted by Crippen LogP contribution is -2.45. The molecule has 5 rings (SSSR count). The van der Waals surface area contributed by atoms with Gasteiger partial charge >= 0.3 is 0 Å². The van der Waals surface area contributed by atoms with Crippen LogP contribution >= 0.6 is 0 Å². The third kappa shape index (κ3) is 4.89. The number of nitrogens with zero attached hydrogens (tertiary/aromatic N) is 7. The fraction of sp³-hybridized carbons (Fsp3) is 0.560. The topological polar surface area (TPSA) is 89.3 Å². The van der Waals surface area contributed by atoms with Crippen molar-refractivity contribution in [1.29, 1.82) is 0 Å². The lowest BCUT2D eigenvalue weighted by atomic mass is 9.93. The van der Waals surface area contributed by atoms with Crippen molar-refractivity contribution < 1.29 is 9.53 Å². The summed E-state index contributed by atoms with van der Waals surface area (Å²) >= 11 is 0.